The number of urea groups is 1. The molecule has 2 atom stereocenters. The second kappa shape index (κ2) is 9.25. The number of amides is 3. The molecule has 1 rings (SSSR count). The van der Waals surface area contributed by atoms with E-state index in [4.69, 9.17) is 0 Å². The van der Waals surface area contributed by atoms with Crippen LogP contribution >= 0.6 is 0 Å². The third-order valence-corrected chi connectivity index (χ3v) is 3.77. The summed E-state index contributed by atoms with van der Waals surface area (Å²) in [6, 6.07) is 5.86. The summed E-state index contributed by atoms with van der Waals surface area (Å²) >= 11 is 0. The Morgan fingerprint density at radius 2 is 1.78 bits per heavy atom. The number of imide groups is 1. The Morgan fingerprint density at radius 1 is 1.17 bits per heavy atom. The predicted molar refractivity (Wildman–Crippen MR) is 87.2 cm³/mol. The van der Waals surface area contributed by atoms with Crippen LogP contribution in [0.2, 0.25) is 0 Å². The van der Waals surface area contributed by atoms with Gasteiger partial charge in [0.1, 0.15) is 11.9 Å². The molecule has 4 N–H and O–H groups in total. The maximum Gasteiger partial charge on any atom is 0.321 e. The first-order valence-corrected chi connectivity index (χ1v) is 8.02. The van der Waals surface area contributed by atoms with E-state index in [1.54, 1.807) is 12.1 Å². The van der Waals surface area contributed by atoms with Crippen molar-refractivity contribution >= 4 is 11.9 Å². The van der Waals surface area contributed by atoms with Crippen molar-refractivity contribution < 1.29 is 19.3 Å². The van der Waals surface area contributed by atoms with Gasteiger partial charge in [0.05, 0.1) is 0 Å². The van der Waals surface area contributed by atoms with E-state index in [0.29, 0.717) is 0 Å². The number of carbonyl (C=O) groups is 2. The van der Waals surface area contributed by atoms with Crippen molar-refractivity contribution in [3.05, 3.63) is 35.6 Å². The average molecular weight is 324 g/mol. The van der Waals surface area contributed by atoms with Crippen molar-refractivity contribution in [3.63, 3.8) is 0 Å². The molecule has 0 saturated carbocycles. The average Bonchev–Trinajstić information content (AvgIpc) is 2.48. The van der Waals surface area contributed by atoms with Crippen LogP contribution in [0.3, 0.4) is 0 Å². The second-order valence-electron chi connectivity index (χ2n) is 6.09. The van der Waals surface area contributed by atoms with Crippen LogP contribution in [0.1, 0.15) is 45.7 Å². The summed E-state index contributed by atoms with van der Waals surface area (Å²) in [7, 11) is 0. The van der Waals surface area contributed by atoms with Gasteiger partial charge in [-0.15, -0.1) is 0 Å². The highest BCUT2D eigenvalue weighted by atomic mass is 19.1. The highest BCUT2D eigenvalue weighted by Crippen LogP contribution is 2.17. The van der Waals surface area contributed by atoms with Crippen LogP contribution in [0.4, 0.5) is 9.18 Å². The second-order valence-corrected chi connectivity index (χ2v) is 6.09. The molecule has 0 aromatic heterocycles. The first kappa shape index (κ1) is 19.1. The van der Waals surface area contributed by atoms with Crippen molar-refractivity contribution in [2.75, 3.05) is 6.54 Å². The van der Waals surface area contributed by atoms with Gasteiger partial charge in [-0.1, -0.05) is 32.9 Å². The number of carbonyl (C=O) groups excluding carboxylic acids is 2. The fourth-order valence-electron chi connectivity index (χ4n) is 2.25. The third kappa shape index (κ3) is 6.78. The lowest BCUT2D eigenvalue weighted by Crippen LogP contribution is -2.88. The molecule has 0 heterocycles. The molecule has 1 aromatic rings. The first-order chi connectivity index (χ1) is 10.8. The van der Waals surface area contributed by atoms with Gasteiger partial charge in [-0.2, -0.15) is 0 Å². The molecule has 0 bridgehead atoms. The molecule has 0 aliphatic carbocycles. The first-order valence-electron chi connectivity index (χ1n) is 8.02. The Morgan fingerprint density at radius 3 is 2.30 bits per heavy atom. The van der Waals surface area contributed by atoms with Gasteiger partial charge in [0.2, 0.25) is 0 Å². The summed E-state index contributed by atoms with van der Waals surface area (Å²) in [4.78, 5) is 23.5. The van der Waals surface area contributed by atoms with Gasteiger partial charge in [-0.25, -0.2) is 9.18 Å². The van der Waals surface area contributed by atoms with Crippen molar-refractivity contribution in [2.24, 2.45) is 5.92 Å². The summed E-state index contributed by atoms with van der Waals surface area (Å²) in [6.45, 7) is 8.04. The predicted octanol–water partition coefficient (Wildman–Crippen LogP) is 1.71. The van der Waals surface area contributed by atoms with Gasteiger partial charge >= 0.3 is 6.03 Å². The maximum absolute atomic E-state index is 13.0. The van der Waals surface area contributed by atoms with Gasteiger partial charge in [0, 0.05) is 17.5 Å². The lowest BCUT2D eigenvalue weighted by atomic mass is 9.96. The van der Waals surface area contributed by atoms with E-state index in [2.05, 4.69) is 10.6 Å². The van der Waals surface area contributed by atoms with E-state index in [1.807, 2.05) is 33.0 Å². The van der Waals surface area contributed by atoms with E-state index in [9.17, 15) is 14.0 Å². The molecular weight excluding hydrogens is 297 g/mol. The van der Waals surface area contributed by atoms with Gasteiger partial charge in [0.15, 0.2) is 6.54 Å². The fraction of sp³-hybridized carbons (Fsp3) is 0.529. The van der Waals surface area contributed by atoms with Crippen LogP contribution in [0, 0.1) is 11.7 Å². The molecule has 0 saturated heterocycles. The minimum absolute atomic E-state index is 0.0226. The van der Waals surface area contributed by atoms with Crippen LogP contribution in [0.15, 0.2) is 24.3 Å². The molecule has 128 valence electrons. The Labute approximate surface area is 137 Å². The molecule has 0 radical (unpaired) electrons. The monoisotopic (exact) mass is 324 g/mol. The molecule has 6 heteroatoms. The zero-order valence-corrected chi connectivity index (χ0v) is 14.2. The highest BCUT2D eigenvalue weighted by molar-refractivity contribution is 5.94. The minimum atomic E-state index is -0.472. The highest BCUT2D eigenvalue weighted by Gasteiger charge is 2.21. The molecule has 0 unspecified atom stereocenters. The van der Waals surface area contributed by atoms with Crippen molar-refractivity contribution in [3.8, 4) is 0 Å². The van der Waals surface area contributed by atoms with Gasteiger partial charge in [-0.05, 0) is 25.5 Å². The maximum atomic E-state index is 13.0. The van der Waals surface area contributed by atoms with E-state index in [-0.39, 0.29) is 36.3 Å². The summed E-state index contributed by atoms with van der Waals surface area (Å²) < 4.78 is 13.0. The van der Waals surface area contributed by atoms with Crippen LogP contribution in [-0.2, 0) is 4.79 Å². The van der Waals surface area contributed by atoms with E-state index in [0.717, 1.165) is 12.0 Å². The smallest absolute Gasteiger partial charge is 0.321 e. The number of rotatable bonds is 7. The number of nitrogens with two attached hydrogens (primary N) is 1. The quantitative estimate of drug-likeness (QED) is 0.714. The molecule has 5 nitrogen and oxygen atoms in total. The van der Waals surface area contributed by atoms with E-state index >= 15 is 0 Å². The Bertz CT molecular complexity index is 517. The molecule has 0 spiro atoms. The van der Waals surface area contributed by atoms with Crippen molar-refractivity contribution in [1.29, 1.82) is 0 Å². The normalized spacial score (nSPS) is 13.5. The van der Waals surface area contributed by atoms with Crippen LogP contribution in [0.25, 0.3) is 0 Å². The van der Waals surface area contributed by atoms with Gasteiger partial charge < -0.3 is 10.6 Å². The SMILES string of the molecule is CC[C@@H](C)NC(=O)NC(=O)C[NH2+][C@@H](c1ccc(F)cc1)C(C)C. The number of halogens is 1. The van der Waals surface area contributed by atoms with Crippen LogP contribution < -0.4 is 16.0 Å². The summed E-state index contributed by atoms with van der Waals surface area (Å²) in [5.41, 5.74) is 0.957. The number of nitrogens with one attached hydrogen (secondary N) is 2. The molecule has 23 heavy (non-hydrogen) atoms. The topological polar surface area (TPSA) is 74.8 Å². The molecule has 1 aromatic carbocycles. The van der Waals surface area contributed by atoms with E-state index in [1.165, 1.54) is 12.1 Å². The van der Waals surface area contributed by atoms with E-state index < -0.39 is 6.03 Å². The zero-order chi connectivity index (χ0) is 17.4. The van der Waals surface area contributed by atoms with Crippen LogP contribution in [-0.4, -0.2) is 24.5 Å². The number of quaternary nitrogens is 1. The largest absolute Gasteiger partial charge is 0.335 e. The van der Waals surface area contributed by atoms with Crippen molar-refractivity contribution in [1.82, 2.24) is 10.6 Å². The minimum Gasteiger partial charge on any atom is -0.335 e. The number of hydrogen-bond donors (Lipinski definition) is 3. The molecular formula is C17H27FN3O2+. The molecule has 3 amide bonds. The molecule has 0 aliphatic rings. The standard InChI is InChI=1S/C17H26FN3O2/c1-5-12(4)20-17(23)21-15(22)10-19-16(11(2)3)13-6-8-14(18)9-7-13/h6-9,11-12,16,19H,5,10H2,1-4H3,(H2,20,21,22,23)/p+1/t12-,16-/m1/s1. The fourth-order valence-corrected chi connectivity index (χ4v) is 2.25. The van der Waals surface area contributed by atoms with Gasteiger partial charge in [-0.3, -0.25) is 10.1 Å². The Balaban J connectivity index is 2.54. The molecule has 0 fully saturated rings. The van der Waals surface area contributed by atoms with Crippen molar-refractivity contribution in [2.45, 2.75) is 46.2 Å². The Hall–Kier alpha value is -1.95. The number of benzene rings is 1. The summed E-state index contributed by atoms with van der Waals surface area (Å²) in [6.07, 6.45) is 0.799. The zero-order valence-electron chi connectivity index (χ0n) is 14.2. The lowest BCUT2D eigenvalue weighted by molar-refractivity contribution is -0.692. The Kier molecular flexibility index (Phi) is 7.68. The molecule has 0 aliphatic heterocycles. The summed E-state index contributed by atoms with van der Waals surface area (Å²) in [5, 5.41) is 6.87. The van der Waals surface area contributed by atoms with Gasteiger partial charge in [0.25, 0.3) is 5.91 Å². The van der Waals surface area contributed by atoms with Crippen LogP contribution in [0.5, 0.6) is 0 Å². The third-order valence-electron chi connectivity index (χ3n) is 3.77. The number of hydrogen-bond acceptors (Lipinski definition) is 2. The summed E-state index contributed by atoms with van der Waals surface area (Å²) in [5.74, 6) is -0.364. The lowest BCUT2D eigenvalue weighted by Gasteiger charge is -2.19.